The van der Waals surface area contributed by atoms with E-state index in [0.29, 0.717) is 28.7 Å². The van der Waals surface area contributed by atoms with Gasteiger partial charge in [0.05, 0.1) is 22.4 Å². The van der Waals surface area contributed by atoms with Gasteiger partial charge in [0, 0.05) is 16.2 Å². The highest BCUT2D eigenvalue weighted by molar-refractivity contribution is 9.13. The van der Waals surface area contributed by atoms with Gasteiger partial charge in [0.2, 0.25) is 0 Å². The summed E-state index contributed by atoms with van der Waals surface area (Å²) < 4.78 is 12.5. The van der Waals surface area contributed by atoms with Crippen LogP contribution in [0.2, 0.25) is 0 Å². The first-order valence-electron chi connectivity index (χ1n) is 6.12. The van der Waals surface area contributed by atoms with Gasteiger partial charge in [-0.2, -0.15) is 0 Å². The molecule has 1 heterocycles. The lowest BCUT2D eigenvalue weighted by Gasteiger charge is -2.11. The van der Waals surface area contributed by atoms with Crippen molar-refractivity contribution < 1.29 is 14.3 Å². The second-order valence-electron chi connectivity index (χ2n) is 3.99. The second kappa shape index (κ2) is 7.29. The average Bonchev–Trinajstić information content (AvgIpc) is 2.80. The van der Waals surface area contributed by atoms with Crippen LogP contribution in [0.3, 0.4) is 0 Å². The first-order valence-corrected chi connectivity index (χ1v) is 8.52. The van der Waals surface area contributed by atoms with E-state index in [9.17, 15) is 4.79 Å². The van der Waals surface area contributed by atoms with Crippen LogP contribution in [-0.2, 0) is 0 Å². The number of hydrogen-bond donors (Lipinski definition) is 1. The zero-order valence-corrected chi connectivity index (χ0v) is 15.4. The van der Waals surface area contributed by atoms with Gasteiger partial charge in [-0.1, -0.05) is 0 Å². The predicted octanol–water partition coefficient (Wildman–Crippen LogP) is 4.93. The molecule has 1 aromatic heterocycles. The molecule has 0 fully saturated rings. The summed E-state index contributed by atoms with van der Waals surface area (Å²) in [6.45, 7) is 2.42. The number of amides is 1. The largest absolute Gasteiger partial charge is 0.493 e. The van der Waals surface area contributed by atoms with Gasteiger partial charge in [-0.05, 0) is 57.0 Å². The van der Waals surface area contributed by atoms with Gasteiger partial charge in [0.1, 0.15) is 0 Å². The van der Waals surface area contributed by atoms with Crippen molar-refractivity contribution in [3.05, 3.63) is 37.4 Å². The minimum absolute atomic E-state index is 0.168. The third-order valence-corrected chi connectivity index (χ3v) is 5.85. The summed E-state index contributed by atoms with van der Waals surface area (Å²) in [5, 5.41) is 2.84. The Balaban J connectivity index is 2.19. The van der Waals surface area contributed by atoms with Crippen molar-refractivity contribution in [3.8, 4) is 11.5 Å². The van der Waals surface area contributed by atoms with E-state index < -0.39 is 0 Å². The minimum atomic E-state index is -0.168. The van der Waals surface area contributed by atoms with E-state index in [1.54, 1.807) is 31.4 Å². The standard InChI is InChI=1S/C14H13Br2NO3S/c1-3-20-11-6-8(4-5-10(11)19-2)17-14(18)12-7-9(15)13(16)21-12/h4-7H,3H2,1-2H3,(H,17,18). The molecule has 0 aliphatic heterocycles. The predicted molar refractivity (Wildman–Crippen MR) is 91.8 cm³/mol. The number of rotatable bonds is 5. The minimum Gasteiger partial charge on any atom is -0.493 e. The number of benzene rings is 1. The molecule has 0 bridgehead atoms. The van der Waals surface area contributed by atoms with Crippen LogP contribution in [0.15, 0.2) is 32.5 Å². The second-order valence-corrected chi connectivity index (χ2v) is 7.21. The van der Waals surface area contributed by atoms with Gasteiger partial charge in [-0.15, -0.1) is 11.3 Å². The van der Waals surface area contributed by atoms with Crippen LogP contribution in [0.25, 0.3) is 0 Å². The van der Waals surface area contributed by atoms with E-state index in [-0.39, 0.29) is 5.91 Å². The molecule has 2 rings (SSSR count). The van der Waals surface area contributed by atoms with E-state index in [2.05, 4.69) is 37.2 Å². The van der Waals surface area contributed by atoms with Crippen molar-refractivity contribution in [2.75, 3.05) is 19.0 Å². The summed E-state index contributed by atoms with van der Waals surface area (Å²) in [5.41, 5.74) is 0.657. The molecule has 0 aliphatic carbocycles. The maximum atomic E-state index is 12.2. The lowest BCUT2D eigenvalue weighted by molar-refractivity contribution is 0.103. The van der Waals surface area contributed by atoms with Crippen LogP contribution in [0.4, 0.5) is 5.69 Å². The molecule has 0 unspecified atom stereocenters. The maximum Gasteiger partial charge on any atom is 0.265 e. The topological polar surface area (TPSA) is 47.6 Å². The average molecular weight is 435 g/mol. The van der Waals surface area contributed by atoms with E-state index in [1.807, 2.05) is 6.92 Å². The number of thiophene rings is 1. The Hall–Kier alpha value is -1.05. The molecule has 0 radical (unpaired) electrons. The van der Waals surface area contributed by atoms with Gasteiger partial charge >= 0.3 is 0 Å². The highest BCUT2D eigenvalue weighted by atomic mass is 79.9. The lowest BCUT2D eigenvalue weighted by Crippen LogP contribution is -2.10. The van der Waals surface area contributed by atoms with Crippen molar-refractivity contribution in [1.29, 1.82) is 0 Å². The number of hydrogen-bond acceptors (Lipinski definition) is 4. The Bertz CT molecular complexity index is 638. The van der Waals surface area contributed by atoms with Crippen LogP contribution in [0.5, 0.6) is 11.5 Å². The summed E-state index contributed by atoms with van der Waals surface area (Å²) >= 11 is 8.11. The summed E-state index contributed by atoms with van der Waals surface area (Å²) in [7, 11) is 1.58. The van der Waals surface area contributed by atoms with Gasteiger partial charge in [-0.25, -0.2) is 0 Å². The van der Waals surface area contributed by atoms with E-state index in [0.717, 1.165) is 8.26 Å². The quantitative estimate of drug-likeness (QED) is 0.725. The molecule has 0 atom stereocenters. The first kappa shape index (κ1) is 16.3. The van der Waals surface area contributed by atoms with Gasteiger partial charge in [0.25, 0.3) is 5.91 Å². The number of halogens is 2. The fraction of sp³-hybridized carbons (Fsp3) is 0.214. The van der Waals surface area contributed by atoms with Crippen molar-refractivity contribution in [2.24, 2.45) is 0 Å². The molecule has 4 nitrogen and oxygen atoms in total. The van der Waals surface area contributed by atoms with Crippen LogP contribution >= 0.6 is 43.2 Å². The zero-order chi connectivity index (χ0) is 15.4. The molecule has 0 saturated heterocycles. The lowest BCUT2D eigenvalue weighted by atomic mass is 10.2. The molecular formula is C14H13Br2NO3S. The number of carbonyl (C=O) groups is 1. The molecule has 1 N–H and O–H groups in total. The van der Waals surface area contributed by atoms with Crippen LogP contribution in [0.1, 0.15) is 16.6 Å². The normalized spacial score (nSPS) is 10.3. The Labute approximate surface area is 143 Å². The van der Waals surface area contributed by atoms with Crippen molar-refractivity contribution in [1.82, 2.24) is 0 Å². The third kappa shape index (κ3) is 3.99. The molecule has 0 aliphatic rings. The van der Waals surface area contributed by atoms with Crippen molar-refractivity contribution >= 4 is 54.8 Å². The number of ether oxygens (including phenoxy) is 2. The Morgan fingerprint density at radius 2 is 2.05 bits per heavy atom. The van der Waals surface area contributed by atoms with Gasteiger partial charge in [-0.3, -0.25) is 4.79 Å². The van der Waals surface area contributed by atoms with E-state index in [1.165, 1.54) is 11.3 Å². The molecule has 21 heavy (non-hydrogen) atoms. The van der Waals surface area contributed by atoms with E-state index >= 15 is 0 Å². The monoisotopic (exact) mass is 433 g/mol. The molecule has 1 aromatic carbocycles. The molecule has 112 valence electrons. The molecule has 2 aromatic rings. The fourth-order valence-electron chi connectivity index (χ4n) is 1.67. The first-order chi connectivity index (χ1) is 10.0. The van der Waals surface area contributed by atoms with Crippen LogP contribution in [0, 0.1) is 0 Å². The molecule has 0 spiro atoms. The maximum absolute atomic E-state index is 12.2. The molecule has 1 amide bonds. The van der Waals surface area contributed by atoms with Crippen LogP contribution in [-0.4, -0.2) is 19.6 Å². The SMILES string of the molecule is CCOc1cc(NC(=O)c2cc(Br)c(Br)s2)ccc1OC. The summed E-state index contributed by atoms with van der Waals surface area (Å²) in [6, 6.07) is 7.06. The van der Waals surface area contributed by atoms with Gasteiger partial charge < -0.3 is 14.8 Å². The fourth-order valence-corrected chi connectivity index (χ4v) is 3.60. The number of carbonyl (C=O) groups excluding carboxylic acids is 1. The van der Waals surface area contributed by atoms with Gasteiger partial charge in [0.15, 0.2) is 11.5 Å². The molecule has 7 heteroatoms. The van der Waals surface area contributed by atoms with E-state index in [4.69, 9.17) is 9.47 Å². The molecular weight excluding hydrogens is 422 g/mol. The Kier molecular flexibility index (Phi) is 5.66. The molecule has 0 saturated carbocycles. The summed E-state index contributed by atoms with van der Waals surface area (Å²) in [5.74, 6) is 1.07. The Morgan fingerprint density at radius 1 is 1.29 bits per heavy atom. The third-order valence-electron chi connectivity index (χ3n) is 2.59. The summed E-state index contributed by atoms with van der Waals surface area (Å²) in [4.78, 5) is 12.8. The smallest absolute Gasteiger partial charge is 0.265 e. The van der Waals surface area contributed by atoms with Crippen LogP contribution < -0.4 is 14.8 Å². The summed E-state index contributed by atoms with van der Waals surface area (Å²) in [6.07, 6.45) is 0. The number of anilines is 1. The highest BCUT2D eigenvalue weighted by Gasteiger charge is 2.13. The van der Waals surface area contributed by atoms with Crippen molar-refractivity contribution in [3.63, 3.8) is 0 Å². The van der Waals surface area contributed by atoms with Crippen molar-refractivity contribution in [2.45, 2.75) is 6.92 Å². The zero-order valence-electron chi connectivity index (χ0n) is 11.4. The number of nitrogens with one attached hydrogen (secondary N) is 1. The Morgan fingerprint density at radius 3 is 2.62 bits per heavy atom. The number of methoxy groups -OCH3 is 1. The highest BCUT2D eigenvalue weighted by Crippen LogP contribution is 2.34.